The maximum atomic E-state index is 4.56. The molecule has 1 saturated carbocycles. The van der Waals surface area contributed by atoms with Crippen molar-refractivity contribution in [1.29, 1.82) is 0 Å². The Bertz CT molecular complexity index is 383. The van der Waals surface area contributed by atoms with Gasteiger partial charge in [0.15, 0.2) is 5.96 Å². The van der Waals surface area contributed by atoms with Gasteiger partial charge in [-0.2, -0.15) is 0 Å². The van der Waals surface area contributed by atoms with E-state index in [1.165, 1.54) is 24.0 Å². The largest absolute Gasteiger partial charge is 0.357 e. The summed E-state index contributed by atoms with van der Waals surface area (Å²) in [5.74, 6) is 1.73. The van der Waals surface area contributed by atoms with E-state index in [0.717, 1.165) is 31.5 Å². The Morgan fingerprint density at radius 2 is 1.72 bits per heavy atom. The minimum absolute atomic E-state index is 0.736. The van der Waals surface area contributed by atoms with E-state index in [0.29, 0.717) is 0 Å². The zero-order chi connectivity index (χ0) is 12.8. The molecule has 0 saturated heterocycles. The van der Waals surface area contributed by atoms with Gasteiger partial charge in [0, 0.05) is 13.1 Å². The fourth-order valence-corrected chi connectivity index (χ4v) is 1.99. The van der Waals surface area contributed by atoms with Crippen LogP contribution in [0.3, 0.4) is 0 Å². The van der Waals surface area contributed by atoms with Crippen LogP contribution in [0.2, 0.25) is 0 Å². The number of nitrogens with zero attached hydrogens (tertiary/aromatic N) is 1. The molecule has 1 aromatic rings. The third-order valence-electron chi connectivity index (χ3n) is 3.14. The normalized spacial score (nSPS) is 14.1. The van der Waals surface area contributed by atoms with Crippen LogP contribution in [-0.2, 0) is 6.54 Å². The number of nitrogens with one attached hydrogen (secondary N) is 2. The molecule has 0 bridgehead atoms. The summed E-state index contributed by atoms with van der Waals surface area (Å²) in [5.41, 5.74) is 2.76. The Balaban J connectivity index is 1.92. The van der Waals surface area contributed by atoms with E-state index in [4.69, 9.17) is 0 Å². The highest BCUT2D eigenvalue weighted by atomic mass is 15.2. The number of rotatable bonds is 5. The molecule has 0 amide bonds. The molecule has 0 radical (unpaired) electrons. The number of guanidine groups is 1. The van der Waals surface area contributed by atoms with Crippen LogP contribution in [0.15, 0.2) is 29.3 Å². The second-order valence-corrected chi connectivity index (χ2v) is 4.74. The first-order valence-electron chi connectivity index (χ1n) is 6.94. The first-order chi connectivity index (χ1) is 8.83. The summed E-state index contributed by atoms with van der Waals surface area (Å²) in [4.78, 5) is 4.56. The Kier molecular flexibility index (Phi) is 4.62. The van der Waals surface area contributed by atoms with Crippen molar-refractivity contribution in [2.75, 3.05) is 13.1 Å². The lowest BCUT2D eigenvalue weighted by atomic mass is 10.1. The SMILES string of the molecule is CCNC(=NCc1ccc(C2CC2)cc1)NCC. The van der Waals surface area contributed by atoms with Gasteiger partial charge in [-0.1, -0.05) is 24.3 Å². The smallest absolute Gasteiger partial charge is 0.191 e. The summed E-state index contributed by atoms with van der Waals surface area (Å²) in [7, 11) is 0. The summed E-state index contributed by atoms with van der Waals surface area (Å²) in [6.07, 6.45) is 2.73. The van der Waals surface area contributed by atoms with E-state index in [-0.39, 0.29) is 0 Å². The van der Waals surface area contributed by atoms with Crippen molar-refractivity contribution < 1.29 is 0 Å². The van der Waals surface area contributed by atoms with Crippen molar-refractivity contribution in [2.24, 2.45) is 4.99 Å². The minimum atomic E-state index is 0.736. The molecular weight excluding hydrogens is 222 g/mol. The third kappa shape index (κ3) is 3.76. The highest BCUT2D eigenvalue weighted by Crippen LogP contribution is 2.39. The molecule has 1 aliphatic rings. The van der Waals surface area contributed by atoms with Crippen LogP contribution in [0, 0.1) is 0 Å². The van der Waals surface area contributed by atoms with Crippen molar-refractivity contribution in [3.05, 3.63) is 35.4 Å². The van der Waals surface area contributed by atoms with Gasteiger partial charge in [-0.05, 0) is 43.7 Å². The van der Waals surface area contributed by atoms with Crippen molar-refractivity contribution in [3.63, 3.8) is 0 Å². The topological polar surface area (TPSA) is 36.4 Å². The van der Waals surface area contributed by atoms with Crippen molar-refractivity contribution >= 4 is 5.96 Å². The summed E-state index contributed by atoms with van der Waals surface area (Å²) < 4.78 is 0. The summed E-state index contributed by atoms with van der Waals surface area (Å²) in [6, 6.07) is 8.91. The molecule has 1 aliphatic carbocycles. The lowest BCUT2D eigenvalue weighted by Crippen LogP contribution is -2.36. The number of hydrogen-bond donors (Lipinski definition) is 2. The molecule has 0 spiro atoms. The predicted molar refractivity (Wildman–Crippen MR) is 76.9 cm³/mol. The molecule has 3 nitrogen and oxygen atoms in total. The Labute approximate surface area is 110 Å². The maximum absolute atomic E-state index is 4.56. The number of aliphatic imine (C=N–C) groups is 1. The van der Waals surface area contributed by atoms with Crippen LogP contribution in [0.5, 0.6) is 0 Å². The molecule has 2 N–H and O–H groups in total. The molecule has 0 aromatic heterocycles. The quantitative estimate of drug-likeness (QED) is 0.618. The number of benzene rings is 1. The van der Waals surface area contributed by atoms with Crippen LogP contribution < -0.4 is 10.6 Å². The molecule has 0 aliphatic heterocycles. The molecule has 18 heavy (non-hydrogen) atoms. The fraction of sp³-hybridized carbons (Fsp3) is 0.533. The van der Waals surface area contributed by atoms with E-state index < -0.39 is 0 Å². The Morgan fingerprint density at radius 3 is 2.22 bits per heavy atom. The highest BCUT2D eigenvalue weighted by Gasteiger charge is 2.22. The average molecular weight is 245 g/mol. The van der Waals surface area contributed by atoms with Crippen LogP contribution >= 0.6 is 0 Å². The lowest BCUT2D eigenvalue weighted by Gasteiger charge is -2.09. The lowest BCUT2D eigenvalue weighted by molar-refractivity contribution is 0.839. The van der Waals surface area contributed by atoms with Crippen LogP contribution in [-0.4, -0.2) is 19.0 Å². The maximum Gasteiger partial charge on any atom is 0.191 e. The standard InChI is InChI=1S/C15H23N3/c1-3-16-15(17-4-2)18-11-12-5-7-13(8-6-12)14-9-10-14/h5-8,14H,3-4,9-11H2,1-2H3,(H2,16,17,18). The molecule has 0 heterocycles. The summed E-state index contributed by atoms with van der Waals surface area (Å²) in [6.45, 7) is 6.69. The Hall–Kier alpha value is -1.51. The van der Waals surface area contributed by atoms with Gasteiger partial charge in [-0.3, -0.25) is 0 Å². The van der Waals surface area contributed by atoms with Gasteiger partial charge in [-0.15, -0.1) is 0 Å². The minimum Gasteiger partial charge on any atom is -0.357 e. The third-order valence-corrected chi connectivity index (χ3v) is 3.14. The molecule has 2 rings (SSSR count). The van der Waals surface area contributed by atoms with Crippen LogP contribution in [0.25, 0.3) is 0 Å². The molecule has 1 fully saturated rings. The van der Waals surface area contributed by atoms with Crippen LogP contribution in [0.4, 0.5) is 0 Å². The molecule has 0 unspecified atom stereocenters. The Morgan fingerprint density at radius 1 is 1.11 bits per heavy atom. The van der Waals surface area contributed by atoms with Gasteiger partial charge in [-0.25, -0.2) is 4.99 Å². The van der Waals surface area contributed by atoms with E-state index in [1.807, 2.05) is 0 Å². The molecule has 1 aromatic carbocycles. The second-order valence-electron chi connectivity index (χ2n) is 4.74. The zero-order valence-corrected chi connectivity index (χ0v) is 11.4. The zero-order valence-electron chi connectivity index (χ0n) is 11.4. The van der Waals surface area contributed by atoms with Gasteiger partial charge in [0.1, 0.15) is 0 Å². The molecular formula is C15H23N3. The van der Waals surface area contributed by atoms with E-state index in [2.05, 4.69) is 53.7 Å². The van der Waals surface area contributed by atoms with E-state index in [9.17, 15) is 0 Å². The van der Waals surface area contributed by atoms with Crippen molar-refractivity contribution in [3.8, 4) is 0 Å². The summed E-state index contributed by atoms with van der Waals surface area (Å²) in [5, 5.41) is 6.46. The van der Waals surface area contributed by atoms with Crippen LogP contribution in [0.1, 0.15) is 43.7 Å². The highest BCUT2D eigenvalue weighted by molar-refractivity contribution is 5.79. The van der Waals surface area contributed by atoms with Gasteiger partial charge in [0.25, 0.3) is 0 Å². The van der Waals surface area contributed by atoms with E-state index in [1.54, 1.807) is 0 Å². The molecule has 0 atom stereocenters. The second kappa shape index (κ2) is 6.43. The predicted octanol–water partition coefficient (Wildman–Crippen LogP) is 2.64. The molecule has 98 valence electrons. The van der Waals surface area contributed by atoms with Crippen molar-refractivity contribution in [1.82, 2.24) is 10.6 Å². The van der Waals surface area contributed by atoms with Gasteiger partial charge in [0.2, 0.25) is 0 Å². The monoisotopic (exact) mass is 245 g/mol. The molecule has 3 heteroatoms. The van der Waals surface area contributed by atoms with Gasteiger partial charge >= 0.3 is 0 Å². The fourth-order valence-electron chi connectivity index (χ4n) is 1.99. The first-order valence-corrected chi connectivity index (χ1v) is 6.94. The van der Waals surface area contributed by atoms with Gasteiger partial charge in [0.05, 0.1) is 6.54 Å². The average Bonchev–Trinajstić information content (AvgIpc) is 3.21. The van der Waals surface area contributed by atoms with Gasteiger partial charge < -0.3 is 10.6 Å². The summed E-state index contributed by atoms with van der Waals surface area (Å²) >= 11 is 0. The number of hydrogen-bond acceptors (Lipinski definition) is 1. The van der Waals surface area contributed by atoms with Crippen molar-refractivity contribution in [2.45, 2.75) is 39.2 Å². The first kappa shape index (κ1) is 12.9. The van der Waals surface area contributed by atoms with E-state index >= 15 is 0 Å².